The molecule has 0 aliphatic heterocycles. The summed E-state index contributed by atoms with van der Waals surface area (Å²) in [5, 5.41) is 4.58. The highest BCUT2D eigenvalue weighted by molar-refractivity contribution is 9.10. The Kier molecular flexibility index (Phi) is 4.50. The lowest BCUT2D eigenvalue weighted by molar-refractivity contribution is 0.0958. The third kappa shape index (κ3) is 3.36. The normalized spacial score (nSPS) is 9.79. The van der Waals surface area contributed by atoms with Crippen LogP contribution >= 0.6 is 39.5 Å². The first-order chi connectivity index (χ1) is 6.61. The zero-order valence-electron chi connectivity index (χ0n) is 7.25. The molecule has 3 nitrogen and oxygen atoms in total. The molecule has 1 aromatic heterocycles. The number of thiophene rings is 1. The Morgan fingerprint density at radius 1 is 1.71 bits per heavy atom. The van der Waals surface area contributed by atoms with Crippen LogP contribution in [0.4, 0.5) is 0 Å². The molecule has 0 aromatic carbocycles. The summed E-state index contributed by atoms with van der Waals surface area (Å²) in [4.78, 5) is 12.6. The van der Waals surface area contributed by atoms with E-state index in [0.29, 0.717) is 22.8 Å². The Balaban J connectivity index is 2.44. The van der Waals surface area contributed by atoms with Crippen molar-refractivity contribution in [3.8, 4) is 0 Å². The number of halogens is 1. The summed E-state index contributed by atoms with van der Waals surface area (Å²) >= 11 is 9.37. The first-order valence-electron chi connectivity index (χ1n) is 3.90. The van der Waals surface area contributed by atoms with Crippen molar-refractivity contribution in [3.05, 3.63) is 20.8 Å². The van der Waals surface area contributed by atoms with Gasteiger partial charge in [-0.2, -0.15) is 0 Å². The van der Waals surface area contributed by atoms with Gasteiger partial charge in [0.05, 0.1) is 4.99 Å². The highest BCUT2D eigenvalue weighted by Gasteiger charge is 2.10. The van der Waals surface area contributed by atoms with Crippen molar-refractivity contribution in [2.45, 2.75) is 6.42 Å². The molecule has 1 rings (SSSR count). The number of thiocarbonyl (C=S) groups is 1. The van der Waals surface area contributed by atoms with Crippen LogP contribution in [0.5, 0.6) is 0 Å². The first kappa shape index (κ1) is 11.6. The summed E-state index contributed by atoms with van der Waals surface area (Å²) in [5.74, 6) is -0.0943. The van der Waals surface area contributed by atoms with Crippen molar-refractivity contribution in [1.82, 2.24) is 5.32 Å². The topological polar surface area (TPSA) is 55.1 Å². The van der Waals surface area contributed by atoms with Crippen LogP contribution in [0.2, 0.25) is 0 Å². The predicted octanol–water partition coefficient (Wildman–Crippen LogP) is 1.92. The van der Waals surface area contributed by atoms with Gasteiger partial charge in [0.1, 0.15) is 4.88 Å². The number of hydrogen-bond donors (Lipinski definition) is 2. The lowest BCUT2D eigenvalue weighted by Gasteiger charge is -2.02. The van der Waals surface area contributed by atoms with Gasteiger partial charge < -0.3 is 11.1 Å². The molecule has 1 heterocycles. The number of nitrogens with two attached hydrogens (primary N) is 1. The Bertz CT molecular complexity index is 351. The lowest BCUT2D eigenvalue weighted by Crippen LogP contribution is -2.26. The maximum absolute atomic E-state index is 11.5. The van der Waals surface area contributed by atoms with Gasteiger partial charge in [0.25, 0.3) is 5.91 Å². The smallest absolute Gasteiger partial charge is 0.262 e. The molecule has 3 N–H and O–H groups in total. The van der Waals surface area contributed by atoms with Gasteiger partial charge in [0.15, 0.2) is 0 Å². The lowest BCUT2D eigenvalue weighted by atomic mass is 10.4. The molecular formula is C8H9BrN2OS2. The molecule has 0 saturated carbocycles. The average molecular weight is 293 g/mol. The summed E-state index contributed by atoms with van der Waals surface area (Å²) in [6.07, 6.45) is 0.532. The van der Waals surface area contributed by atoms with Crippen molar-refractivity contribution in [2.24, 2.45) is 5.73 Å². The van der Waals surface area contributed by atoms with E-state index in [9.17, 15) is 4.79 Å². The van der Waals surface area contributed by atoms with Gasteiger partial charge in [-0.1, -0.05) is 12.2 Å². The van der Waals surface area contributed by atoms with Crippen molar-refractivity contribution in [1.29, 1.82) is 0 Å². The zero-order chi connectivity index (χ0) is 10.6. The van der Waals surface area contributed by atoms with E-state index in [4.69, 9.17) is 18.0 Å². The molecule has 14 heavy (non-hydrogen) atoms. The molecular weight excluding hydrogens is 284 g/mol. The van der Waals surface area contributed by atoms with Gasteiger partial charge in [-0.05, 0) is 27.4 Å². The second-order valence-corrected chi connectivity index (χ2v) is 4.86. The molecule has 76 valence electrons. The van der Waals surface area contributed by atoms with Crippen LogP contribution in [0.25, 0.3) is 0 Å². The second kappa shape index (κ2) is 5.43. The predicted molar refractivity (Wildman–Crippen MR) is 65.8 cm³/mol. The van der Waals surface area contributed by atoms with Crippen LogP contribution < -0.4 is 11.1 Å². The fourth-order valence-electron chi connectivity index (χ4n) is 0.835. The van der Waals surface area contributed by atoms with E-state index in [2.05, 4.69) is 21.2 Å². The van der Waals surface area contributed by atoms with Gasteiger partial charge >= 0.3 is 0 Å². The molecule has 0 spiro atoms. The first-order valence-corrected chi connectivity index (χ1v) is 5.99. The largest absolute Gasteiger partial charge is 0.393 e. The van der Waals surface area contributed by atoms with Gasteiger partial charge in [-0.3, -0.25) is 4.79 Å². The van der Waals surface area contributed by atoms with E-state index in [-0.39, 0.29) is 5.91 Å². The number of nitrogens with one attached hydrogen (secondary N) is 1. The van der Waals surface area contributed by atoms with Crippen LogP contribution in [0.1, 0.15) is 16.1 Å². The summed E-state index contributed by atoms with van der Waals surface area (Å²) in [6.45, 7) is 0.485. The minimum atomic E-state index is -0.0943. The van der Waals surface area contributed by atoms with Gasteiger partial charge in [0, 0.05) is 17.4 Å². The molecule has 0 unspecified atom stereocenters. The number of hydrogen-bond acceptors (Lipinski definition) is 3. The van der Waals surface area contributed by atoms with Crippen molar-refractivity contribution < 1.29 is 4.79 Å². The monoisotopic (exact) mass is 292 g/mol. The average Bonchev–Trinajstić information content (AvgIpc) is 2.50. The Labute approximate surface area is 99.8 Å². The summed E-state index contributed by atoms with van der Waals surface area (Å²) in [7, 11) is 0. The van der Waals surface area contributed by atoms with Crippen molar-refractivity contribution in [3.63, 3.8) is 0 Å². The minimum Gasteiger partial charge on any atom is -0.393 e. The number of carbonyl (C=O) groups excluding carboxylic acids is 1. The molecule has 0 saturated heterocycles. The Hall–Kier alpha value is -0.460. The fraction of sp³-hybridized carbons (Fsp3) is 0.250. The van der Waals surface area contributed by atoms with Crippen molar-refractivity contribution >= 4 is 50.4 Å². The molecule has 1 amide bonds. The number of carbonyl (C=O) groups is 1. The van der Waals surface area contributed by atoms with Crippen LogP contribution in [0, 0.1) is 0 Å². The fourth-order valence-corrected chi connectivity index (χ4v) is 2.40. The zero-order valence-corrected chi connectivity index (χ0v) is 10.5. The second-order valence-electron chi connectivity index (χ2n) is 2.57. The third-order valence-electron chi connectivity index (χ3n) is 1.48. The molecule has 0 fully saturated rings. The molecule has 0 aliphatic rings. The highest BCUT2D eigenvalue weighted by atomic mass is 79.9. The highest BCUT2D eigenvalue weighted by Crippen LogP contribution is 2.22. The quantitative estimate of drug-likeness (QED) is 0.834. The summed E-state index contributed by atoms with van der Waals surface area (Å²) < 4.78 is 0.815. The van der Waals surface area contributed by atoms with Crippen LogP contribution in [-0.4, -0.2) is 17.4 Å². The Morgan fingerprint density at radius 3 is 2.93 bits per heavy atom. The molecule has 0 radical (unpaired) electrons. The molecule has 1 aromatic rings. The van der Waals surface area contributed by atoms with E-state index < -0.39 is 0 Å². The number of rotatable bonds is 4. The molecule has 0 bridgehead atoms. The van der Waals surface area contributed by atoms with E-state index in [1.165, 1.54) is 11.3 Å². The van der Waals surface area contributed by atoms with Crippen LogP contribution in [0.3, 0.4) is 0 Å². The maximum Gasteiger partial charge on any atom is 0.262 e. The van der Waals surface area contributed by atoms with Crippen LogP contribution in [-0.2, 0) is 0 Å². The van der Waals surface area contributed by atoms with Crippen LogP contribution in [0.15, 0.2) is 15.9 Å². The molecule has 0 atom stereocenters. The molecule has 0 aliphatic carbocycles. The van der Waals surface area contributed by atoms with Gasteiger partial charge in [-0.25, -0.2) is 0 Å². The third-order valence-corrected chi connectivity index (χ3v) is 3.52. The van der Waals surface area contributed by atoms with E-state index in [0.717, 1.165) is 4.47 Å². The van der Waals surface area contributed by atoms with E-state index in [1.807, 2.05) is 11.4 Å². The van der Waals surface area contributed by atoms with Gasteiger partial charge in [0.2, 0.25) is 0 Å². The Morgan fingerprint density at radius 2 is 2.43 bits per heavy atom. The van der Waals surface area contributed by atoms with Gasteiger partial charge in [-0.15, -0.1) is 11.3 Å². The molecule has 6 heteroatoms. The SMILES string of the molecule is NC(=S)CCNC(=O)c1sccc1Br. The summed E-state index contributed by atoms with van der Waals surface area (Å²) in [5.41, 5.74) is 5.30. The maximum atomic E-state index is 11.5. The van der Waals surface area contributed by atoms with E-state index >= 15 is 0 Å². The van der Waals surface area contributed by atoms with Crippen molar-refractivity contribution in [2.75, 3.05) is 6.54 Å². The standard InChI is InChI=1S/C8H9BrN2OS2/c9-5-2-4-14-7(5)8(12)11-3-1-6(10)13/h2,4H,1,3H2,(H2,10,13)(H,11,12). The minimum absolute atomic E-state index is 0.0943. The number of amides is 1. The summed E-state index contributed by atoms with van der Waals surface area (Å²) in [6, 6.07) is 1.84. The van der Waals surface area contributed by atoms with E-state index in [1.54, 1.807) is 0 Å².